The van der Waals surface area contributed by atoms with Crippen LogP contribution in [-0.4, -0.2) is 26.2 Å². The molecule has 30 heavy (non-hydrogen) atoms. The summed E-state index contributed by atoms with van der Waals surface area (Å²) in [4.78, 5) is 13.5. The predicted molar refractivity (Wildman–Crippen MR) is 114 cm³/mol. The van der Waals surface area contributed by atoms with Crippen molar-refractivity contribution < 1.29 is 25.2 Å². The molecule has 0 saturated heterocycles. The third kappa shape index (κ3) is 3.44. The fourth-order valence-electron chi connectivity index (χ4n) is 3.39. The lowest BCUT2D eigenvalue weighted by atomic mass is 9.90. The maximum absolute atomic E-state index is 13.5. The lowest BCUT2D eigenvalue weighted by molar-refractivity contribution is 0.104. The Labute approximate surface area is 172 Å². The number of ketones is 1. The zero-order valence-electron chi connectivity index (χ0n) is 15.8. The van der Waals surface area contributed by atoms with Gasteiger partial charge in [0, 0.05) is 11.1 Å². The van der Waals surface area contributed by atoms with E-state index in [2.05, 4.69) is 0 Å². The van der Waals surface area contributed by atoms with Crippen LogP contribution in [0.2, 0.25) is 0 Å². The van der Waals surface area contributed by atoms with Gasteiger partial charge in [-0.2, -0.15) is 0 Å². The average molecular weight is 398 g/mol. The molecule has 0 fully saturated rings. The van der Waals surface area contributed by atoms with Crippen LogP contribution in [0.5, 0.6) is 23.0 Å². The molecule has 0 bridgehead atoms. The van der Waals surface area contributed by atoms with E-state index < -0.39 is 0 Å². The number of aromatic hydroxyl groups is 4. The summed E-state index contributed by atoms with van der Waals surface area (Å²) in [5, 5.41) is 38.9. The lowest BCUT2D eigenvalue weighted by Gasteiger charge is -2.13. The molecule has 0 saturated carbocycles. The van der Waals surface area contributed by atoms with Crippen LogP contribution in [0, 0.1) is 0 Å². The van der Waals surface area contributed by atoms with Gasteiger partial charge >= 0.3 is 0 Å². The summed E-state index contributed by atoms with van der Waals surface area (Å²) >= 11 is 0. The van der Waals surface area contributed by atoms with Gasteiger partial charge in [0.25, 0.3) is 0 Å². The highest BCUT2D eigenvalue weighted by Crippen LogP contribution is 2.36. The molecule has 4 aromatic carbocycles. The first-order valence-corrected chi connectivity index (χ1v) is 9.23. The molecular formula is C25H18O5. The molecule has 0 aliphatic rings. The fourth-order valence-corrected chi connectivity index (χ4v) is 3.39. The van der Waals surface area contributed by atoms with Gasteiger partial charge in [0.05, 0.1) is 0 Å². The summed E-state index contributed by atoms with van der Waals surface area (Å²) in [5.74, 6) is -1.24. The largest absolute Gasteiger partial charge is 0.504 e. The van der Waals surface area contributed by atoms with Gasteiger partial charge < -0.3 is 20.4 Å². The van der Waals surface area contributed by atoms with Gasteiger partial charge in [0.2, 0.25) is 0 Å². The molecule has 0 unspecified atom stereocenters. The second-order valence-electron chi connectivity index (χ2n) is 6.83. The smallest absolute Gasteiger partial charge is 0.194 e. The molecule has 0 aromatic heterocycles. The molecule has 4 N–H and O–H groups in total. The number of phenols is 4. The molecule has 5 heteroatoms. The van der Waals surface area contributed by atoms with Gasteiger partial charge in [-0.25, -0.2) is 0 Å². The molecule has 5 nitrogen and oxygen atoms in total. The number of carbonyl (C=O) groups excluding carboxylic acids is 1. The van der Waals surface area contributed by atoms with Crippen LogP contribution in [0.25, 0.3) is 22.3 Å². The Kier molecular flexibility index (Phi) is 4.86. The minimum absolute atomic E-state index is 0.235. The van der Waals surface area contributed by atoms with Crippen molar-refractivity contribution in [2.24, 2.45) is 0 Å². The molecule has 0 amide bonds. The standard InChI is InChI=1S/C25H18O5/c26-21-11-9-15(13-23(21)28)17-5-1-3-7-19(17)25(30)20-8-4-2-6-18(20)16-10-12-22(27)24(29)14-16/h1-14,26-29H. The molecule has 0 heterocycles. The third-order valence-corrected chi connectivity index (χ3v) is 4.92. The van der Waals surface area contributed by atoms with Crippen molar-refractivity contribution in [1.82, 2.24) is 0 Å². The second kappa shape index (κ2) is 7.64. The minimum Gasteiger partial charge on any atom is -0.504 e. The Hall–Kier alpha value is -4.25. The highest BCUT2D eigenvalue weighted by molar-refractivity contribution is 6.16. The van der Waals surface area contributed by atoms with Gasteiger partial charge in [0.15, 0.2) is 28.8 Å². The maximum Gasteiger partial charge on any atom is 0.194 e. The van der Waals surface area contributed by atoms with Crippen molar-refractivity contribution in [1.29, 1.82) is 0 Å². The number of hydrogen-bond acceptors (Lipinski definition) is 5. The van der Waals surface area contributed by atoms with E-state index in [-0.39, 0.29) is 28.8 Å². The Bertz CT molecular complexity index is 1160. The van der Waals surface area contributed by atoms with Crippen LogP contribution in [0.1, 0.15) is 15.9 Å². The molecule has 0 atom stereocenters. The van der Waals surface area contributed by atoms with Crippen molar-refractivity contribution in [3.8, 4) is 45.3 Å². The number of rotatable bonds is 4. The lowest BCUT2D eigenvalue weighted by Crippen LogP contribution is -2.05. The van der Waals surface area contributed by atoms with E-state index in [1.165, 1.54) is 24.3 Å². The van der Waals surface area contributed by atoms with Gasteiger partial charge in [-0.1, -0.05) is 60.7 Å². The van der Waals surface area contributed by atoms with E-state index in [1.807, 2.05) is 0 Å². The molecule has 0 aliphatic heterocycles. The summed E-state index contributed by atoms with van der Waals surface area (Å²) in [6.07, 6.45) is 0. The molecule has 0 spiro atoms. The van der Waals surface area contributed by atoms with Crippen LogP contribution in [0.4, 0.5) is 0 Å². The SMILES string of the molecule is O=C(c1ccccc1-c1ccc(O)c(O)c1)c1ccccc1-c1ccc(O)c(O)c1. The maximum atomic E-state index is 13.5. The number of hydrogen-bond donors (Lipinski definition) is 4. The monoisotopic (exact) mass is 398 g/mol. The first-order valence-electron chi connectivity index (χ1n) is 9.23. The van der Waals surface area contributed by atoms with Crippen LogP contribution >= 0.6 is 0 Å². The number of carbonyl (C=O) groups is 1. The van der Waals surface area contributed by atoms with Gasteiger partial charge in [0.1, 0.15) is 0 Å². The van der Waals surface area contributed by atoms with Gasteiger partial charge in [-0.15, -0.1) is 0 Å². The fraction of sp³-hybridized carbons (Fsp3) is 0. The molecule has 0 radical (unpaired) electrons. The summed E-state index contributed by atoms with van der Waals surface area (Å²) in [7, 11) is 0. The molecule has 0 aliphatic carbocycles. The van der Waals surface area contributed by atoms with Crippen LogP contribution in [-0.2, 0) is 0 Å². The highest BCUT2D eigenvalue weighted by Gasteiger charge is 2.19. The molecule has 4 rings (SSSR count). The van der Waals surface area contributed by atoms with E-state index in [0.29, 0.717) is 33.4 Å². The Morgan fingerprint density at radius 2 is 0.900 bits per heavy atom. The zero-order valence-corrected chi connectivity index (χ0v) is 15.8. The Morgan fingerprint density at radius 1 is 0.500 bits per heavy atom. The average Bonchev–Trinajstić information content (AvgIpc) is 2.77. The number of benzene rings is 4. The van der Waals surface area contributed by atoms with Crippen LogP contribution in [0.15, 0.2) is 84.9 Å². The van der Waals surface area contributed by atoms with Crippen LogP contribution < -0.4 is 0 Å². The van der Waals surface area contributed by atoms with Crippen molar-refractivity contribution in [3.05, 3.63) is 96.1 Å². The third-order valence-electron chi connectivity index (χ3n) is 4.92. The van der Waals surface area contributed by atoms with E-state index in [0.717, 1.165) is 0 Å². The Morgan fingerprint density at radius 3 is 1.30 bits per heavy atom. The second-order valence-corrected chi connectivity index (χ2v) is 6.83. The van der Waals surface area contributed by atoms with Crippen LogP contribution in [0.3, 0.4) is 0 Å². The van der Waals surface area contributed by atoms with E-state index >= 15 is 0 Å². The molecular weight excluding hydrogens is 380 g/mol. The highest BCUT2D eigenvalue weighted by atomic mass is 16.3. The van der Waals surface area contributed by atoms with E-state index in [9.17, 15) is 25.2 Å². The summed E-state index contributed by atoms with van der Waals surface area (Å²) < 4.78 is 0. The first-order chi connectivity index (χ1) is 14.5. The number of phenolic OH excluding ortho intramolecular Hbond substituents is 4. The van der Waals surface area contributed by atoms with Crippen molar-refractivity contribution in [3.63, 3.8) is 0 Å². The molecule has 148 valence electrons. The van der Waals surface area contributed by atoms with E-state index in [1.54, 1.807) is 60.7 Å². The predicted octanol–water partition coefficient (Wildman–Crippen LogP) is 5.07. The van der Waals surface area contributed by atoms with Gasteiger partial charge in [-0.05, 0) is 46.5 Å². The summed E-state index contributed by atoms with van der Waals surface area (Å²) in [6.45, 7) is 0. The normalized spacial score (nSPS) is 10.7. The molecule has 4 aromatic rings. The first kappa shape index (κ1) is 19.1. The Balaban J connectivity index is 1.84. The summed E-state index contributed by atoms with van der Waals surface area (Å²) in [6, 6.07) is 22.9. The summed E-state index contributed by atoms with van der Waals surface area (Å²) in [5.41, 5.74) is 3.27. The minimum atomic E-state index is -0.269. The zero-order chi connectivity index (χ0) is 21.3. The quantitative estimate of drug-likeness (QED) is 0.284. The topological polar surface area (TPSA) is 98.0 Å². The van der Waals surface area contributed by atoms with Crippen molar-refractivity contribution in [2.45, 2.75) is 0 Å². The van der Waals surface area contributed by atoms with Gasteiger partial charge in [-0.3, -0.25) is 4.79 Å². The van der Waals surface area contributed by atoms with Crippen molar-refractivity contribution in [2.75, 3.05) is 0 Å². The van der Waals surface area contributed by atoms with Crippen molar-refractivity contribution >= 4 is 5.78 Å². The van der Waals surface area contributed by atoms with E-state index in [4.69, 9.17) is 0 Å².